The van der Waals surface area contributed by atoms with Gasteiger partial charge in [0.1, 0.15) is 12.4 Å². The summed E-state index contributed by atoms with van der Waals surface area (Å²) in [6.45, 7) is 4.05. The molecule has 0 aliphatic heterocycles. The highest BCUT2D eigenvalue weighted by Crippen LogP contribution is 2.28. The number of hydrogen-bond acceptors (Lipinski definition) is 7. The highest BCUT2D eigenvalue weighted by atomic mass is 32.2. The van der Waals surface area contributed by atoms with Crippen molar-refractivity contribution in [2.24, 2.45) is 0 Å². The van der Waals surface area contributed by atoms with Crippen molar-refractivity contribution in [2.45, 2.75) is 30.9 Å². The third-order valence-corrected chi connectivity index (χ3v) is 4.01. The summed E-state index contributed by atoms with van der Waals surface area (Å²) >= 11 is 1.40. The number of rotatable bonds is 6. The summed E-state index contributed by atoms with van der Waals surface area (Å²) < 4.78 is 8.85. The van der Waals surface area contributed by atoms with E-state index in [0.29, 0.717) is 22.6 Å². The molecule has 120 valence electrons. The minimum absolute atomic E-state index is 0.0350. The van der Waals surface area contributed by atoms with Crippen molar-refractivity contribution in [3.63, 3.8) is 0 Å². The van der Waals surface area contributed by atoms with Crippen molar-refractivity contribution in [3.05, 3.63) is 40.9 Å². The van der Waals surface area contributed by atoms with Gasteiger partial charge >= 0.3 is 5.69 Å². The second-order valence-corrected chi connectivity index (χ2v) is 5.93. The van der Waals surface area contributed by atoms with E-state index < -0.39 is 4.92 Å². The van der Waals surface area contributed by atoms with Crippen LogP contribution >= 0.6 is 11.8 Å². The molecule has 9 nitrogen and oxygen atoms in total. The number of nitro groups is 1. The van der Waals surface area contributed by atoms with Gasteiger partial charge in [0.2, 0.25) is 5.82 Å². The molecule has 0 aliphatic rings. The Morgan fingerprint density at radius 2 is 2.26 bits per heavy atom. The highest BCUT2D eigenvalue weighted by molar-refractivity contribution is 7.98. The lowest BCUT2D eigenvalue weighted by atomic mass is 10.3. The molecule has 3 aromatic heterocycles. The number of thioether (sulfide) groups is 1. The van der Waals surface area contributed by atoms with Gasteiger partial charge in [-0.05, 0) is 26.0 Å². The van der Waals surface area contributed by atoms with Crippen LogP contribution in [0, 0.1) is 10.1 Å². The average Bonchev–Trinajstić information content (AvgIpc) is 3.24. The van der Waals surface area contributed by atoms with Crippen LogP contribution in [0.2, 0.25) is 0 Å². The van der Waals surface area contributed by atoms with Gasteiger partial charge < -0.3 is 4.42 Å². The Morgan fingerprint density at radius 3 is 2.87 bits per heavy atom. The molecular formula is C13H14N6O3S. The minimum Gasteiger partial charge on any atom is -0.461 e. The Bertz CT molecular complexity index is 808. The summed E-state index contributed by atoms with van der Waals surface area (Å²) in [5, 5.41) is 23.7. The van der Waals surface area contributed by atoms with Crippen molar-refractivity contribution in [1.29, 1.82) is 0 Å². The zero-order chi connectivity index (χ0) is 16.4. The van der Waals surface area contributed by atoms with E-state index in [4.69, 9.17) is 4.42 Å². The van der Waals surface area contributed by atoms with Crippen LogP contribution in [0.1, 0.15) is 19.9 Å². The first-order valence-corrected chi connectivity index (χ1v) is 7.83. The Hall–Kier alpha value is -2.62. The summed E-state index contributed by atoms with van der Waals surface area (Å²) in [5.41, 5.74) is -0.0350. The Balaban J connectivity index is 1.81. The molecule has 0 N–H and O–H groups in total. The normalized spacial score (nSPS) is 11.3. The maximum absolute atomic E-state index is 10.7. The van der Waals surface area contributed by atoms with E-state index in [9.17, 15) is 10.1 Å². The third-order valence-electron chi connectivity index (χ3n) is 3.08. The van der Waals surface area contributed by atoms with Crippen molar-refractivity contribution < 1.29 is 9.34 Å². The van der Waals surface area contributed by atoms with Crippen LogP contribution in [0.15, 0.2) is 40.4 Å². The topological polar surface area (TPSA) is 105 Å². The van der Waals surface area contributed by atoms with Gasteiger partial charge in [0.05, 0.1) is 17.1 Å². The molecule has 0 radical (unpaired) electrons. The quantitative estimate of drug-likeness (QED) is 0.387. The standard InChI is InChI=1S/C13H14N6O3S/c1-9(2)18-12(11-4-3-5-22-11)15-16-13(18)23-8-17-7-10(6-14-17)19(20)21/h3-7,9H,8H2,1-2H3. The van der Waals surface area contributed by atoms with Gasteiger partial charge in [0.15, 0.2) is 10.9 Å². The van der Waals surface area contributed by atoms with Gasteiger partial charge in [-0.25, -0.2) is 0 Å². The first kappa shape index (κ1) is 15.3. The van der Waals surface area contributed by atoms with Crippen molar-refractivity contribution in [3.8, 4) is 11.6 Å². The lowest BCUT2D eigenvalue weighted by Crippen LogP contribution is -2.05. The third kappa shape index (κ3) is 3.11. The van der Waals surface area contributed by atoms with Gasteiger partial charge in [-0.3, -0.25) is 19.4 Å². The van der Waals surface area contributed by atoms with Crippen LogP contribution < -0.4 is 0 Å². The summed E-state index contributed by atoms with van der Waals surface area (Å²) in [6.07, 6.45) is 4.20. The maximum Gasteiger partial charge on any atom is 0.307 e. The molecule has 0 amide bonds. The number of hydrogen-bond donors (Lipinski definition) is 0. The van der Waals surface area contributed by atoms with Gasteiger partial charge in [-0.15, -0.1) is 10.2 Å². The number of aromatic nitrogens is 5. The van der Waals surface area contributed by atoms with E-state index in [1.807, 2.05) is 24.5 Å². The van der Waals surface area contributed by atoms with E-state index in [1.54, 1.807) is 12.3 Å². The molecule has 0 saturated heterocycles. The second kappa shape index (κ2) is 6.24. The van der Waals surface area contributed by atoms with Crippen molar-refractivity contribution >= 4 is 17.4 Å². The molecular weight excluding hydrogens is 320 g/mol. The number of furan rings is 1. The maximum atomic E-state index is 10.7. The molecule has 0 fully saturated rings. The first-order chi connectivity index (χ1) is 11.1. The van der Waals surface area contributed by atoms with Crippen LogP contribution in [0.5, 0.6) is 0 Å². The van der Waals surface area contributed by atoms with Crippen LogP contribution in [0.4, 0.5) is 5.69 Å². The van der Waals surface area contributed by atoms with Gasteiger partial charge in [0, 0.05) is 6.04 Å². The van der Waals surface area contributed by atoms with Crippen LogP contribution in [-0.4, -0.2) is 29.5 Å². The summed E-state index contributed by atoms with van der Waals surface area (Å²) in [5.74, 6) is 1.70. The molecule has 3 rings (SSSR count). The zero-order valence-corrected chi connectivity index (χ0v) is 13.3. The fourth-order valence-electron chi connectivity index (χ4n) is 2.06. The Labute approximate surface area is 135 Å². The van der Waals surface area contributed by atoms with Gasteiger partial charge in [0.25, 0.3) is 0 Å². The molecule has 0 aromatic carbocycles. The Morgan fingerprint density at radius 1 is 1.43 bits per heavy atom. The predicted octanol–water partition coefficient (Wildman–Crippen LogP) is 2.97. The fraction of sp³-hybridized carbons (Fsp3) is 0.308. The molecule has 0 atom stereocenters. The van der Waals surface area contributed by atoms with Crippen molar-refractivity contribution in [2.75, 3.05) is 0 Å². The first-order valence-electron chi connectivity index (χ1n) is 6.84. The zero-order valence-electron chi connectivity index (χ0n) is 12.5. The van der Waals surface area contributed by atoms with Crippen LogP contribution in [0.3, 0.4) is 0 Å². The monoisotopic (exact) mass is 334 g/mol. The van der Waals surface area contributed by atoms with Gasteiger partial charge in [-0.2, -0.15) is 5.10 Å². The fourth-order valence-corrected chi connectivity index (χ4v) is 2.98. The molecule has 0 aliphatic carbocycles. The van der Waals surface area contributed by atoms with Crippen LogP contribution in [0.25, 0.3) is 11.6 Å². The van der Waals surface area contributed by atoms with E-state index in [2.05, 4.69) is 15.3 Å². The minimum atomic E-state index is -0.472. The largest absolute Gasteiger partial charge is 0.461 e. The summed E-state index contributed by atoms with van der Waals surface area (Å²) in [7, 11) is 0. The van der Waals surface area contributed by atoms with Crippen LogP contribution in [-0.2, 0) is 5.88 Å². The molecule has 0 unspecified atom stereocenters. The lowest BCUT2D eigenvalue weighted by Gasteiger charge is -2.12. The van der Waals surface area contributed by atoms with Crippen molar-refractivity contribution in [1.82, 2.24) is 24.5 Å². The molecule has 0 spiro atoms. The lowest BCUT2D eigenvalue weighted by molar-refractivity contribution is -0.385. The molecule has 3 aromatic rings. The molecule has 0 saturated carbocycles. The smallest absolute Gasteiger partial charge is 0.307 e. The average molecular weight is 334 g/mol. The Kier molecular flexibility index (Phi) is 4.15. The number of nitrogens with zero attached hydrogens (tertiary/aromatic N) is 6. The summed E-state index contributed by atoms with van der Waals surface area (Å²) in [6, 6.07) is 3.76. The van der Waals surface area contributed by atoms with Gasteiger partial charge in [-0.1, -0.05) is 11.8 Å². The molecule has 23 heavy (non-hydrogen) atoms. The SMILES string of the molecule is CC(C)n1c(SCn2cc([N+](=O)[O-])cn2)nnc1-c1ccco1. The molecule has 10 heteroatoms. The molecule has 3 heterocycles. The van der Waals surface area contributed by atoms with E-state index in [-0.39, 0.29) is 11.7 Å². The van der Waals surface area contributed by atoms with E-state index in [0.717, 1.165) is 0 Å². The van der Waals surface area contributed by atoms with E-state index in [1.165, 1.54) is 28.8 Å². The predicted molar refractivity (Wildman–Crippen MR) is 82.8 cm³/mol. The van der Waals surface area contributed by atoms with E-state index >= 15 is 0 Å². The highest BCUT2D eigenvalue weighted by Gasteiger charge is 2.19. The molecule has 0 bridgehead atoms. The second-order valence-electron chi connectivity index (χ2n) is 5.02. The summed E-state index contributed by atoms with van der Waals surface area (Å²) in [4.78, 5) is 10.2.